The Morgan fingerprint density at radius 3 is 2.38 bits per heavy atom. The Labute approximate surface area is 130 Å². The monoisotopic (exact) mass is 310 g/mol. The fourth-order valence-electron chi connectivity index (χ4n) is 2.25. The quantitative estimate of drug-likeness (QED) is 0.442. The highest BCUT2D eigenvalue weighted by Crippen LogP contribution is 2.36. The smallest absolute Gasteiger partial charge is 0.177 e. The number of hydrogen-bond donors (Lipinski definition) is 0. The van der Waals surface area contributed by atoms with Crippen molar-refractivity contribution >= 4 is 14.2 Å². The molecule has 0 aliphatic heterocycles. The van der Waals surface area contributed by atoms with Crippen LogP contribution >= 0.6 is 8.38 Å². The van der Waals surface area contributed by atoms with Gasteiger partial charge in [0.05, 0.1) is 6.16 Å². The number of Topliss-reactive ketones (excluding diaryl/α,β-unsaturated/α-hetero) is 1. The van der Waals surface area contributed by atoms with Gasteiger partial charge in [-0.25, -0.2) is 0 Å². The number of carbonyl (C=O) groups excluding carboxylic acids is 1. The molecule has 0 heterocycles. The molecule has 0 fully saturated rings. The van der Waals surface area contributed by atoms with E-state index in [1.165, 1.54) is 18.4 Å². The van der Waals surface area contributed by atoms with E-state index in [1.54, 1.807) is 14.2 Å². The molecule has 118 valence electrons. The van der Waals surface area contributed by atoms with Gasteiger partial charge < -0.3 is 9.05 Å². The van der Waals surface area contributed by atoms with Crippen LogP contribution in [0.25, 0.3) is 0 Å². The second-order valence-corrected chi connectivity index (χ2v) is 7.02. The van der Waals surface area contributed by atoms with Crippen molar-refractivity contribution in [3.8, 4) is 0 Å². The van der Waals surface area contributed by atoms with E-state index in [9.17, 15) is 4.79 Å². The van der Waals surface area contributed by atoms with E-state index in [2.05, 4.69) is 24.3 Å². The molecular formula is C17H27O3P. The van der Waals surface area contributed by atoms with E-state index in [0.717, 1.165) is 19.3 Å². The van der Waals surface area contributed by atoms with Gasteiger partial charge in [0.25, 0.3) is 0 Å². The number of benzene rings is 1. The maximum atomic E-state index is 12.0. The number of ketones is 1. The number of unbranched alkanes of at least 4 members (excludes halogenated alkanes) is 2. The minimum atomic E-state index is -1.03. The molecule has 0 spiro atoms. The van der Waals surface area contributed by atoms with Crippen molar-refractivity contribution in [1.82, 2.24) is 0 Å². The van der Waals surface area contributed by atoms with Crippen LogP contribution in [0, 0.1) is 5.92 Å². The summed E-state index contributed by atoms with van der Waals surface area (Å²) in [5, 5.41) is 0. The topological polar surface area (TPSA) is 35.5 Å². The lowest BCUT2D eigenvalue weighted by atomic mass is 9.98. The van der Waals surface area contributed by atoms with Gasteiger partial charge in [0, 0.05) is 20.1 Å². The van der Waals surface area contributed by atoms with E-state index in [-0.39, 0.29) is 11.7 Å². The molecule has 0 bridgehead atoms. The molecule has 1 unspecified atom stereocenters. The summed E-state index contributed by atoms with van der Waals surface area (Å²) in [5.74, 6) is 0.366. The maximum Gasteiger partial charge on any atom is 0.177 e. The van der Waals surface area contributed by atoms with Gasteiger partial charge in [-0.2, -0.15) is 0 Å². The summed E-state index contributed by atoms with van der Waals surface area (Å²) in [6, 6.07) is 10.6. The zero-order valence-electron chi connectivity index (χ0n) is 13.4. The highest BCUT2D eigenvalue weighted by Gasteiger charge is 2.18. The molecule has 21 heavy (non-hydrogen) atoms. The van der Waals surface area contributed by atoms with Crippen molar-refractivity contribution in [1.29, 1.82) is 0 Å². The van der Waals surface area contributed by atoms with Gasteiger partial charge in [-0.15, -0.1) is 0 Å². The van der Waals surface area contributed by atoms with E-state index < -0.39 is 8.38 Å². The molecule has 0 radical (unpaired) electrons. The zero-order valence-corrected chi connectivity index (χ0v) is 14.3. The van der Waals surface area contributed by atoms with Crippen LogP contribution in [0.3, 0.4) is 0 Å². The lowest BCUT2D eigenvalue weighted by molar-refractivity contribution is -0.120. The molecule has 3 nitrogen and oxygen atoms in total. The lowest BCUT2D eigenvalue weighted by Crippen LogP contribution is -2.15. The predicted octanol–water partition coefficient (Wildman–Crippen LogP) is 4.60. The van der Waals surface area contributed by atoms with Crippen LogP contribution in [-0.2, 0) is 20.3 Å². The summed E-state index contributed by atoms with van der Waals surface area (Å²) in [5.41, 5.74) is 1.40. The molecule has 0 saturated carbocycles. The molecule has 1 aromatic carbocycles. The Bertz CT molecular complexity index is 390. The van der Waals surface area contributed by atoms with Gasteiger partial charge in [-0.3, -0.25) is 4.79 Å². The van der Waals surface area contributed by atoms with Crippen molar-refractivity contribution in [3.63, 3.8) is 0 Å². The molecule has 1 atom stereocenters. The second kappa shape index (κ2) is 10.9. The molecule has 0 aromatic heterocycles. The van der Waals surface area contributed by atoms with Gasteiger partial charge in [0.2, 0.25) is 0 Å². The average Bonchev–Trinajstić information content (AvgIpc) is 2.52. The summed E-state index contributed by atoms with van der Waals surface area (Å²) < 4.78 is 10.3. The third-order valence-electron chi connectivity index (χ3n) is 3.69. The molecule has 0 N–H and O–H groups in total. The van der Waals surface area contributed by atoms with E-state index in [4.69, 9.17) is 9.05 Å². The summed E-state index contributed by atoms with van der Waals surface area (Å²) in [6.45, 7) is 2.01. The molecule has 0 saturated heterocycles. The average molecular weight is 310 g/mol. The van der Waals surface area contributed by atoms with E-state index >= 15 is 0 Å². The van der Waals surface area contributed by atoms with Crippen molar-refractivity contribution < 1.29 is 13.8 Å². The Kier molecular flexibility index (Phi) is 9.49. The van der Waals surface area contributed by atoms with Crippen LogP contribution in [0.5, 0.6) is 0 Å². The van der Waals surface area contributed by atoms with Crippen LogP contribution in [0.2, 0.25) is 0 Å². The first kappa shape index (κ1) is 18.3. The molecule has 0 amide bonds. The highest BCUT2D eigenvalue weighted by molar-refractivity contribution is 7.48. The first-order valence-corrected chi connectivity index (χ1v) is 8.96. The molecule has 1 aromatic rings. The minimum absolute atomic E-state index is 0.108. The second-order valence-electron chi connectivity index (χ2n) is 5.31. The Morgan fingerprint density at radius 2 is 1.76 bits per heavy atom. The van der Waals surface area contributed by atoms with Gasteiger partial charge in [0.1, 0.15) is 5.78 Å². The summed E-state index contributed by atoms with van der Waals surface area (Å²) in [4.78, 5) is 12.0. The summed E-state index contributed by atoms with van der Waals surface area (Å²) >= 11 is 0. The first-order valence-electron chi connectivity index (χ1n) is 7.59. The SMILES string of the molecule is COP(CC(=O)C(C)CCCCCc1ccccc1)OC. The molecule has 0 aliphatic rings. The normalized spacial score (nSPS) is 12.6. The van der Waals surface area contributed by atoms with Gasteiger partial charge in [0.15, 0.2) is 8.38 Å². The van der Waals surface area contributed by atoms with Crippen molar-refractivity contribution in [2.45, 2.75) is 39.0 Å². The lowest BCUT2D eigenvalue weighted by Gasteiger charge is -2.14. The summed E-state index contributed by atoms with van der Waals surface area (Å²) in [7, 11) is 2.16. The zero-order chi connectivity index (χ0) is 15.5. The number of aryl methyl sites for hydroxylation is 1. The van der Waals surface area contributed by atoms with Crippen LogP contribution in [0.1, 0.15) is 38.2 Å². The Hall–Kier alpha value is -0.760. The molecular weight excluding hydrogens is 283 g/mol. The van der Waals surface area contributed by atoms with E-state index in [0.29, 0.717) is 6.16 Å². The summed E-state index contributed by atoms with van der Waals surface area (Å²) in [6.07, 6.45) is 5.97. The molecule has 4 heteroatoms. The van der Waals surface area contributed by atoms with Crippen LogP contribution in [-0.4, -0.2) is 26.2 Å². The van der Waals surface area contributed by atoms with E-state index in [1.807, 2.05) is 13.0 Å². The van der Waals surface area contributed by atoms with Gasteiger partial charge in [-0.05, 0) is 24.8 Å². The fourth-order valence-corrected chi connectivity index (χ4v) is 3.22. The number of carbonyl (C=O) groups is 1. The maximum absolute atomic E-state index is 12.0. The largest absolute Gasteiger partial charge is 0.337 e. The first-order chi connectivity index (χ1) is 10.2. The fraction of sp³-hybridized carbons (Fsp3) is 0.588. The highest BCUT2D eigenvalue weighted by atomic mass is 31.2. The van der Waals surface area contributed by atoms with Crippen LogP contribution in [0.4, 0.5) is 0 Å². The number of rotatable bonds is 11. The predicted molar refractivity (Wildman–Crippen MR) is 88.6 cm³/mol. The third kappa shape index (κ3) is 7.71. The van der Waals surface area contributed by atoms with Crippen molar-refractivity contribution in [3.05, 3.63) is 35.9 Å². The standard InChI is InChI=1S/C17H27O3P/c1-15(17(18)14-21(19-2)20-3)10-6-4-7-11-16-12-8-5-9-13-16/h5,8-9,12-13,15H,4,6-7,10-11,14H2,1-3H3. The third-order valence-corrected chi connectivity index (χ3v) is 5.07. The van der Waals surface area contributed by atoms with Crippen LogP contribution in [0.15, 0.2) is 30.3 Å². The molecule has 1 rings (SSSR count). The van der Waals surface area contributed by atoms with Crippen molar-refractivity contribution in [2.24, 2.45) is 5.92 Å². The Balaban J connectivity index is 2.12. The Morgan fingerprint density at radius 1 is 1.10 bits per heavy atom. The van der Waals surface area contributed by atoms with Gasteiger partial charge in [-0.1, -0.05) is 50.1 Å². The number of hydrogen-bond acceptors (Lipinski definition) is 3. The minimum Gasteiger partial charge on any atom is -0.337 e. The van der Waals surface area contributed by atoms with Crippen LogP contribution < -0.4 is 0 Å². The molecule has 0 aliphatic carbocycles. The van der Waals surface area contributed by atoms with Crippen molar-refractivity contribution in [2.75, 3.05) is 20.4 Å². The van der Waals surface area contributed by atoms with Gasteiger partial charge >= 0.3 is 0 Å².